The van der Waals surface area contributed by atoms with Crippen molar-refractivity contribution >= 4 is 23.3 Å². The molecule has 0 unspecified atom stereocenters. The van der Waals surface area contributed by atoms with Crippen LogP contribution in [0.3, 0.4) is 0 Å². The highest BCUT2D eigenvalue weighted by Crippen LogP contribution is 2.28. The number of allylic oxidation sites excluding steroid dienone is 2. The molecule has 0 spiro atoms. The van der Waals surface area contributed by atoms with Crippen molar-refractivity contribution in [1.82, 2.24) is 0 Å². The second-order valence-corrected chi connectivity index (χ2v) is 5.24. The van der Waals surface area contributed by atoms with E-state index >= 15 is 0 Å². The van der Waals surface area contributed by atoms with E-state index in [9.17, 15) is 20.2 Å². The van der Waals surface area contributed by atoms with Gasteiger partial charge in [0.15, 0.2) is 0 Å². The van der Waals surface area contributed by atoms with E-state index in [2.05, 4.69) is 17.5 Å². The Kier molecular flexibility index (Phi) is 8.73. The quantitative estimate of drug-likeness (QED) is 0.270. The van der Waals surface area contributed by atoms with Gasteiger partial charge in [-0.1, -0.05) is 38.7 Å². The number of rotatable bonds is 11. The number of nitrogens with zero attached hydrogens (tertiary/aromatic N) is 3. The molecule has 0 aliphatic heterocycles. The molecular weight excluding hydrogens is 312 g/mol. The molecule has 0 saturated carbocycles. The van der Waals surface area contributed by atoms with Crippen molar-refractivity contribution in [3.05, 3.63) is 50.6 Å². The summed E-state index contributed by atoms with van der Waals surface area (Å²) < 4.78 is 0. The Labute approximate surface area is 140 Å². The summed E-state index contributed by atoms with van der Waals surface area (Å²) in [5.74, 6) is 0. The predicted molar refractivity (Wildman–Crippen MR) is 94.4 cm³/mol. The zero-order valence-corrected chi connectivity index (χ0v) is 13.7. The molecule has 0 heterocycles. The highest BCUT2D eigenvalue weighted by Gasteiger charge is 2.18. The first-order chi connectivity index (χ1) is 11.6. The number of hydrogen-bond acceptors (Lipinski definition) is 6. The molecule has 0 bridgehead atoms. The van der Waals surface area contributed by atoms with Crippen LogP contribution in [0.2, 0.25) is 0 Å². The van der Waals surface area contributed by atoms with Gasteiger partial charge in [0, 0.05) is 12.3 Å². The summed E-state index contributed by atoms with van der Waals surface area (Å²) in [4.78, 5) is 20.2. The summed E-state index contributed by atoms with van der Waals surface area (Å²) in [5.41, 5.74) is 1.92. The van der Waals surface area contributed by atoms with Crippen molar-refractivity contribution < 1.29 is 9.85 Å². The van der Waals surface area contributed by atoms with Gasteiger partial charge in [0.25, 0.3) is 5.69 Å². The number of non-ortho nitro benzene ring substituents is 1. The Bertz CT molecular complexity index is 614. The molecule has 0 aromatic heterocycles. The summed E-state index contributed by atoms with van der Waals surface area (Å²) in [7, 11) is 0. The minimum atomic E-state index is -0.684. The zero-order chi connectivity index (χ0) is 17.8. The second-order valence-electron chi connectivity index (χ2n) is 5.24. The van der Waals surface area contributed by atoms with Crippen LogP contribution in [0.1, 0.15) is 45.4 Å². The summed E-state index contributed by atoms with van der Waals surface area (Å²) in [6.45, 7) is 2.18. The third-order valence-corrected chi connectivity index (χ3v) is 3.34. The lowest BCUT2D eigenvalue weighted by Gasteiger charge is -2.01. The Balaban J connectivity index is 2.49. The van der Waals surface area contributed by atoms with Gasteiger partial charge in [0.1, 0.15) is 5.69 Å². The first-order valence-corrected chi connectivity index (χ1v) is 7.93. The SMILES string of the molecule is CCCCCCC/C=C/C=N/Nc1ccc([N+](=O)[O-])cc1[N+](=O)[O-]. The minimum absolute atomic E-state index is 0.106. The monoisotopic (exact) mass is 334 g/mol. The molecule has 130 valence electrons. The van der Waals surface area contributed by atoms with Crippen LogP contribution in [0.5, 0.6) is 0 Å². The summed E-state index contributed by atoms with van der Waals surface area (Å²) >= 11 is 0. The van der Waals surface area contributed by atoms with Gasteiger partial charge in [-0.2, -0.15) is 5.10 Å². The normalized spacial score (nSPS) is 11.2. The maximum absolute atomic E-state index is 11.0. The third-order valence-electron chi connectivity index (χ3n) is 3.34. The van der Waals surface area contributed by atoms with E-state index in [1.807, 2.05) is 6.08 Å². The molecule has 0 fully saturated rings. The Morgan fingerprint density at radius 1 is 1.12 bits per heavy atom. The van der Waals surface area contributed by atoms with Gasteiger partial charge >= 0.3 is 5.69 Å². The molecular formula is C16H22N4O4. The van der Waals surface area contributed by atoms with Crippen LogP contribution in [-0.4, -0.2) is 16.1 Å². The molecule has 0 aliphatic rings. The van der Waals surface area contributed by atoms with Gasteiger partial charge in [-0.05, 0) is 25.0 Å². The fourth-order valence-electron chi connectivity index (χ4n) is 2.05. The van der Waals surface area contributed by atoms with Gasteiger partial charge in [0.2, 0.25) is 0 Å². The first-order valence-electron chi connectivity index (χ1n) is 7.93. The van der Waals surface area contributed by atoms with Gasteiger partial charge in [-0.25, -0.2) is 0 Å². The fourth-order valence-corrected chi connectivity index (χ4v) is 2.05. The number of benzene rings is 1. The van der Waals surface area contributed by atoms with Crippen LogP contribution in [0.4, 0.5) is 17.1 Å². The van der Waals surface area contributed by atoms with E-state index in [0.29, 0.717) is 0 Å². The highest BCUT2D eigenvalue weighted by atomic mass is 16.6. The van der Waals surface area contributed by atoms with E-state index in [0.717, 1.165) is 18.9 Å². The molecule has 0 amide bonds. The zero-order valence-electron chi connectivity index (χ0n) is 13.7. The molecule has 0 radical (unpaired) electrons. The highest BCUT2D eigenvalue weighted by molar-refractivity contribution is 5.73. The Hall–Kier alpha value is -2.77. The summed E-state index contributed by atoms with van der Waals surface area (Å²) in [6.07, 6.45) is 12.3. The van der Waals surface area contributed by atoms with Gasteiger partial charge in [-0.3, -0.25) is 25.7 Å². The average molecular weight is 334 g/mol. The average Bonchev–Trinajstić information content (AvgIpc) is 2.56. The fraction of sp³-hybridized carbons (Fsp3) is 0.438. The minimum Gasteiger partial charge on any atom is -0.272 e. The van der Waals surface area contributed by atoms with Crippen LogP contribution in [0, 0.1) is 20.2 Å². The molecule has 1 aromatic carbocycles. The molecule has 1 N–H and O–H groups in total. The Morgan fingerprint density at radius 2 is 1.88 bits per heavy atom. The van der Waals surface area contributed by atoms with Gasteiger partial charge < -0.3 is 0 Å². The lowest BCUT2D eigenvalue weighted by molar-refractivity contribution is -0.393. The maximum Gasteiger partial charge on any atom is 0.301 e. The largest absolute Gasteiger partial charge is 0.301 e. The molecule has 0 saturated heterocycles. The Morgan fingerprint density at radius 3 is 2.54 bits per heavy atom. The van der Waals surface area contributed by atoms with Gasteiger partial charge in [-0.15, -0.1) is 0 Å². The second kappa shape index (κ2) is 10.9. The third kappa shape index (κ3) is 6.99. The molecule has 8 nitrogen and oxygen atoms in total. The molecule has 24 heavy (non-hydrogen) atoms. The van der Waals surface area contributed by atoms with Crippen molar-refractivity contribution in [3.63, 3.8) is 0 Å². The van der Waals surface area contributed by atoms with Crippen molar-refractivity contribution in [2.75, 3.05) is 5.43 Å². The van der Waals surface area contributed by atoms with Crippen LogP contribution in [0.15, 0.2) is 35.5 Å². The van der Waals surface area contributed by atoms with Crippen molar-refractivity contribution in [2.24, 2.45) is 5.10 Å². The molecule has 0 aliphatic carbocycles. The van der Waals surface area contributed by atoms with E-state index in [-0.39, 0.29) is 17.1 Å². The van der Waals surface area contributed by atoms with E-state index in [1.165, 1.54) is 44.0 Å². The number of nitro benzene ring substituents is 2. The number of hydrogen-bond donors (Lipinski definition) is 1. The molecule has 8 heteroatoms. The lowest BCUT2D eigenvalue weighted by Crippen LogP contribution is -1.98. The number of nitro groups is 2. The standard InChI is InChI=1S/C16H22N4O4/c1-2-3-4-5-6-7-8-9-12-17-18-15-11-10-14(19(21)22)13-16(15)20(23)24/h8-13,18H,2-7H2,1H3/b9-8+,17-12+. The molecule has 0 atom stereocenters. The lowest BCUT2D eigenvalue weighted by atomic mass is 10.1. The van der Waals surface area contributed by atoms with E-state index in [4.69, 9.17) is 0 Å². The summed E-state index contributed by atoms with van der Waals surface area (Å²) in [5, 5.41) is 25.5. The topological polar surface area (TPSA) is 111 Å². The maximum atomic E-state index is 11.0. The van der Waals surface area contributed by atoms with Gasteiger partial charge in [0.05, 0.1) is 15.9 Å². The van der Waals surface area contributed by atoms with Crippen molar-refractivity contribution in [2.45, 2.75) is 45.4 Å². The van der Waals surface area contributed by atoms with Crippen LogP contribution in [0.25, 0.3) is 0 Å². The number of hydrazone groups is 1. The van der Waals surface area contributed by atoms with Crippen molar-refractivity contribution in [3.8, 4) is 0 Å². The number of unbranched alkanes of at least 4 members (excludes halogenated alkanes) is 5. The summed E-state index contributed by atoms with van der Waals surface area (Å²) in [6, 6.07) is 3.37. The molecule has 1 rings (SSSR count). The number of anilines is 1. The number of nitrogens with one attached hydrogen (secondary N) is 1. The first kappa shape index (κ1) is 19.3. The van der Waals surface area contributed by atoms with Crippen LogP contribution in [-0.2, 0) is 0 Å². The van der Waals surface area contributed by atoms with Crippen LogP contribution < -0.4 is 5.43 Å². The smallest absolute Gasteiger partial charge is 0.272 e. The van der Waals surface area contributed by atoms with E-state index in [1.54, 1.807) is 6.08 Å². The van der Waals surface area contributed by atoms with E-state index < -0.39 is 9.85 Å². The van der Waals surface area contributed by atoms with Crippen LogP contribution >= 0.6 is 0 Å². The molecule has 1 aromatic rings. The van der Waals surface area contributed by atoms with Crippen molar-refractivity contribution in [1.29, 1.82) is 0 Å². The predicted octanol–water partition coefficient (Wildman–Crippen LogP) is 4.82.